The van der Waals surface area contributed by atoms with Gasteiger partial charge in [-0.1, -0.05) is 45.0 Å². The summed E-state index contributed by atoms with van der Waals surface area (Å²) >= 11 is 0. The van der Waals surface area contributed by atoms with E-state index in [0.717, 1.165) is 43.7 Å². The molecule has 1 heterocycles. The van der Waals surface area contributed by atoms with Crippen LogP contribution in [0.15, 0.2) is 54.7 Å². The molecule has 2 atom stereocenters. The van der Waals surface area contributed by atoms with Crippen LogP contribution in [0, 0.1) is 5.82 Å². The molecule has 1 aliphatic rings. The number of rotatable bonds is 11. The number of nitrogens with one attached hydrogen (secondary N) is 3. The van der Waals surface area contributed by atoms with Crippen LogP contribution in [0.4, 0.5) is 21.8 Å². The van der Waals surface area contributed by atoms with E-state index in [1.807, 2.05) is 24.3 Å². The van der Waals surface area contributed by atoms with Crippen LogP contribution >= 0.6 is 0 Å². The largest absolute Gasteiger partial charge is 0.491 e. The molecule has 0 radical (unpaired) electrons. The van der Waals surface area contributed by atoms with Gasteiger partial charge in [-0.3, -0.25) is 0 Å². The Morgan fingerprint density at radius 1 is 0.974 bits per heavy atom. The van der Waals surface area contributed by atoms with Crippen LogP contribution in [0.1, 0.15) is 57.6 Å². The van der Waals surface area contributed by atoms with Gasteiger partial charge in [-0.05, 0) is 66.5 Å². The molecule has 1 fully saturated rings. The van der Waals surface area contributed by atoms with E-state index < -0.39 is 5.82 Å². The number of nitrogens with zero attached hydrogens (tertiary/aromatic N) is 2. The zero-order valence-electron chi connectivity index (χ0n) is 22.9. The molecule has 0 spiro atoms. The fourth-order valence-corrected chi connectivity index (χ4v) is 4.62. The monoisotopic (exact) mass is 521 g/mol. The molecule has 3 N–H and O–H groups in total. The number of methoxy groups -OCH3 is 1. The Hall–Kier alpha value is -3.23. The Kier molecular flexibility index (Phi) is 9.53. The van der Waals surface area contributed by atoms with Crippen molar-refractivity contribution in [2.45, 2.75) is 70.5 Å². The van der Waals surface area contributed by atoms with Gasteiger partial charge in [0.25, 0.3) is 0 Å². The Morgan fingerprint density at radius 2 is 1.71 bits per heavy atom. The van der Waals surface area contributed by atoms with Crippen LogP contribution < -0.4 is 20.7 Å². The summed E-state index contributed by atoms with van der Waals surface area (Å²) in [4.78, 5) is 8.53. The third-order valence-electron chi connectivity index (χ3n) is 6.84. The van der Waals surface area contributed by atoms with Crippen molar-refractivity contribution in [3.63, 3.8) is 0 Å². The lowest BCUT2D eigenvalue weighted by Crippen LogP contribution is -2.38. The highest BCUT2D eigenvalue weighted by Gasteiger charge is 2.23. The van der Waals surface area contributed by atoms with E-state index in [1.165, 1.54) is 17.3 Å². The van der Waals surface area contributed by atoms with E-state index in [9.17, 15) is 4.39 Å². The summed E-state index contributed by atoms with van der Waals surface area (Å²) in [5.41, 5.74) is 3.57. The average molecular weight is 522 g/mol. The average Bonchev–Trinajstić information content (AvgIpc) is 2.90. The summed E-state index contributed by atoms with van der Waals surface area (Å²) in [6.07, 6.45) is 5.29. The number of hydrogen-bond donors (Lipinski definition) is 3. The van der Waals surface area contributed by atoms with Crippen LogP contribution in [0.5, 0.6) is 5.75 Å². The predicted molar refractivity (Wildman–Crippen MR) is 151 cm³/mol. The lowest BCUT2D eigenvalue weighted by molar-refractivity contribution is 0.146. The molecule has 7 nitrogen and oxygen atoms in total. The van der Waals surface area contributed by atoms with Gasteiger partial charge in [-0.15, -0.1) is 0 Å². The van der Waals surface area contributed by atoms with E-state index >= 15 is 0 Å². The minimum Gasteiger partial charge on any atom is -0.491 e. The third kappa shape index (κ3) is 8.13. The van der Waals surface area contributed by atoms with Gasteiger partial charge in [0.15, 0.2) is 11.6 Å². The number of anilines is 3. The smallest absolute Gasteiger partial charge is 0.229 e. The summed E-state index contributed by atoms with van der Waals surface area (Å²) in [6.45, 7) is 8.53. The second kappa shape index (κ2) is 13.0. The maximum Gasteiger partial charge on any atom is 0.229 e. The Labute approximate surface area is 225 Å². The topological polar surface area (TPSA) is 80.3 Å². The first-order valence-electron chi connectivity index (χ1n) is 13.4. The van der Waals surface area contributed by atoms with Crippen molar-refractivity contribution in [2.24, 2.45) is 0 Å². The van der Waals surface area contributed by atoms with Crippen LogP contribution in [-0.2, 0) is 16.7 Å². The summed E-state index contributed by atoms with van der Waals surface area (Å²) in [6, 6.07) is 16.8. The molecule has 1 aliphatic carbocycles. The highest BCUT2D eigenvalue weighted by molar-refractivity contribution is 5.56. The van der Waals surface area contributed by atoms with E-state index in [0.29, 0.717) is 25.2 Å². The molecule has 3 aromatic rings. The fourth-order valence-electron chi connectivity index (χ4n) is 4.62. The molecule has 0 bridgehead atoms. The van der Waals surface area contributed by atoms with Gasteiger partial charge in [0.1, 0.15) is 12.4 Å². The summed E-state index contributed by atoms with van der Waals surface area (Å²) in [5.74, 6) is 0.861. The molecule has 1 aromatic heterocycles. The van der Waals surface area contributed by atoms with Crippen LogP contribution in [0.25, 0.3) is 0 Å². The number of halogens is 1. The molecule has 8 heteroatoms. The molecule has 38 heavy (non-hydrogen) atoms. The number of aromatic nitrogens is 2. The van der Waals surface area contributed by atoms with Crippen molar-refractivity contribution in [3.05, 3.63) is 71.7 Å². The molecule has 4 rings (SSSR count). The van der Waals surface area contributed by atoms with Gasteiger partial charge in [0, 0.05) is 31.4 Å². The van der Waals surface area contributed by atoms with E-state index in [1.54, 1.807) is 7.11 Å². The maximum atomic E-state index is 14.6. The quantitative estimate of drug-likeness (QED) is 0.259. The first-order valence-corrected chi connectivity index (χ1v) is 13.4. The lowest BCUT2D eigenvalue weighted by atomic mass is 9.86. The van der Waals surface area contributed by atoms with Crippen molar-refractivity contribution in [1.82, 2.24) is 15.3 Å². The van der Waals surface area contributed by atoms with Crippen LogP contribution in [0.3, 0.4) is 0 Å². The number of ether oxygens (including phenoxy) is 2. The summed E-state index contributed by atoms with van der Waals surface area (Å²) in [5, 5.41) is 10.2. The zero-order chi connectivity index (χ0) is 27.0. The second-order valence-electron chi connectivity index (χ2n) is 10.9. The fraction of sp³-hybridized carbons (Fsp3) is 0.467. The normalized spacial score (nSPS) is 17.7. The SMILES string of the molecule is COCCOc1ccc(Nc2ncc(F)c(N[C@H]3CCC[C@H](NCc4ccc(C(C)(C)C)cc4)C3)n2)cc1. The Balaban J connectivity index is 1.30. The number of benzene rings is 2. The van der Waals surface area contributed by atoms with Gasteiger partial charge in [-0.25, -0.2) is 9.37 Å². The Bertz CT molecular complexity index is 1150. The molecular weight excluding hydrogens is 481 g/mol. The highest BCUT2D eigenvalue weighted by atomic mass is 19.1. The lowest BCUT2D eigenvalue weighted by Gasteiger charge is -2.31. The molecule has 0 saturated heterocycles. The zero-order valence-corrected chi connectivity index (χ0v) is 22.9. The maximum absolute atomic E-state index is 14.6. The van der Waals surface area contributed by atoms with Gasteiger partial charge >= 0.3 is 0 Å². The standard InChI is InChI=1S/C30H40FN5O2/c1-30(2,3)22-10-8-21(9-11-22)19-32-24-6-5-7-25(18-24)34-28-27(31)20-33-29(36-28)35-23-12-14-26(15-13-23)38-17-16-37-4/h8-15,20,24-25,32H,5-7,16-19H2,1-4H3,(H2,33,34,35,36)/t24-,25-/m0/s1. The summed E-state index contributed by atoms with van der Waals surface area (Å²) in [7, 11) is 1.64. The highest BCUT2D eigenvalue weighted by Crippen LogP contribution is 2.26. The minimum absolute atomic E-state index is 0.144. The molecule has 0 amide bonds. The van der Waals surface area contributed by atoms with Gasteiger partial charge in [-0.2, -0.15) is 4.98 Å². The molecule has 0 aliphatic heterocycles. The number of hydrogen-bond acceptors (Lipinski definition) is 7. The first kappa shape index (κ1) is 27.8. The predicted octanol–water partition coefficient (Wildman–Crippen LogP) is 6.19. The van der Waals surface area contributed by atoms with Crippen molar-refractivity contribution in [2.75, 3.05) is 31.0 Å². The van der Waals surface area contributed by atoms with Crippen molar-refractivity contribution in [3.8, 4) is 5.75 Å². The summed E-state index contributed by atoms with van der Waals surface area (Å²) < 4.78 is 25.2. The van der Waals surface area contributed by atoms with Crippen molar-refractivity contribution < 1.29 is 13.9 Å². The first-order chi connectivity index (χ1) is 18.3. The molecular formula is C30H40FN5O2. The molecule has 1 saturated carbocycles. The van der Waals surface area contributed by atoms with Crippen LogP contribution in [-0.4, -0.2) is 42.4 Å². The van der Waals surface area contributed by atoms with E-state index in [2.05, 4.69) is 71.0 Å². The van der Waals surface area contributed by atoms with Crippen molar-refractivity contribution in [1.29, 1.82) is 0 Å². The van der Waals surface area contributed by atoms with E-state index in [-0.39, 0.29) is 17.3 Å². The Morgan fingerprint density at radius 3 is 2.42 bits per heavy atom. The third-order valence-corrected chi connectivity index (χ3v) is 6.84. The molecule has 2 aromatic carbocycles. The van der Waals surface area contributed by atoms with Gasteiger partial charge in [0.05, 0.1) is 12.8 Å². The van der Waals surface area contributed by atoms with Gasteiger partial charge < -0.3 is 25.4 Å². The molecule has 204 valence electrons. The minimum atomic E-state index is -0.452. The molecule has 0 unspecified atom stereocenters. The van der Waals surface area contributed by atoms with Gasteiger partial charge in [0.2, 0.25) is 5.95 Å². The van der Waals surface area contributed by atoms with E-state index in [4.69, 9.17) is 9.47 Å². The van der Waals surface area contributed by atoms with Crippen LogP contribution in [0.2, 0.25) is 0 Å². The second-order valence-corrected chi connectivity index (χ2v) is 10.9. The van der Waals surface area contributed by atoms with Crippen molar-refractivity contribution >= 4 is 17.5 Å².